The van der Waals surface area contributed by atoms with Crippen molar-refractivity contribution in [3.63, 3.8) is 0 Å². The summed E-state index contributed by atoms with van der Waals surface area (Å²) in [6.45, 7) is 2.02. The largest absolute Gasteiger partial charge is 0.438 e. The molecule has 0 spiro atoms. The van der Waals surface area contributed by atoms with Crippen LogP contribution in [0.1, 0.15) is 24.2 Å². The highest BCUT2D eigenvalue weighted by molar-refractivity contribution is 9.10. The van der Waals surface area contributed by atoms with Gasteiger partial charge in [-0.05, 0) is 34.3 Å². The van der Waals surface area contributed by atoms with Crippen molar-refractivity contribution < 1.29 is 9.21 Å². The number of hydrogen-bond donors (Lipinski definition) is 1. The molecule has 2 heterocycles. The third-order valence-electron chi connectivity index (χ3n) is 3.67. The molecule has 0 atom stereocenters. The van der Waals surface area contributed by atoms with Crippen LogP contribution in [0.3, 0.4) is 0 Å². The number of nitrogens with zero attached hydrogens (tertiary/aromatic N) is 2. The predicted octanol–water partition coefficient (Wildman–Crippen LogP) is 3.34. The van der Waals surface area contributed by atoms with Gasteiger partial charge in [-0.15, -0.1) is 0 Å². The Morgan fingerprint density at radius 3 is 2.78 bits per heavy atom. The number of anilines is 1. The second kappa shape index (κ2) is 7.46. The lowest BCUT2D eigenvalue weighted by atomic mass is 10.1. The van der Waals surface area contributed by atoms with Gasteiger partial charge in [0.25, 0.3) is 0 Å². The molecule has 2 aromatic rings. The van der Waals surface area contributed by atoms with Gasteiger partial charge in [0.1, 0.15) is 0 Å². The molecule has 0 aliphatic carbocycles. The van der Waals surface area contributed by atoms with E-state index in [2.05, 4.69) is 31.4 Å². The normalized spacial score (nSPS) is 14.6. The van der Waals surface area contributed by atoms with Crippen molar-refractivity contribution in [3.05, 3.63) is 52.2 Å². The first-order chi connectivity index (χ1) is 11.2. The summed E-state index contributed by atoms with van der Waals surface area (Å²) in [5.41, 5.74) is 3.48. The van der Waals surface area contributed by atoms with Crippen molar-refractivity contribution in [2.24, 2.45) is 5.10 Å². The van der Waals surface area contributed by atoms with Gasteiger partial charge < -0.3 is 9.32 Å². The van der Waals surface area contributed by atoms with Gasteiger partial charge in [0.2, 0.25) is 11.8 Å². The number of rotatable bonds is 5. The molecule has 1 aromatic carbocycles. The van der Waals surface area contributed by atoms with E-state index >= 15 is 0 Å². The summed E-state index contributed by atoms with van der Waals surface area (Å²) in [5.74, 6) is 1.29. The van der Waals surface area contributed by atoms with Gasteiger partial charge in [0, 0.05) is 19.2 Å². The van der Waals surface area contributed by atoms with E-state index in [0.717, 1.165) is 29.0 Å². The molecular formula is C17H18BrN3O2. The molecule has 5 nitrogen and oxygen atoms in total. The van der Waals surface area contributed by atoms with Crippen LogP contribution < -0.4 is 10.3 Å². The van der Waals surface area contributed by atoms with Crippen LogP contribution in [-0.4, -0.2) is 25.2 Å². The maximum atomic E-state index is 11.8. The van der Waals surface area contributed by atoms with Gasteiger partial charge in [-0.3, -0.25) is 4.79 Å². The summed E-state index contributed by atoms with van der Waals surface area (Å²) in [5, 5.41) is 3.96. The van der Waals surface area contributed by atoms with Crippen molar-refractivity contribution in [2.45, 2.75) is 19.3 Å². The number of amides is 1. The molecule has 1 aliphatic rings. The average molecular weight is 376 g/mol. The molecule has 120 valence electrons. The van der Waals surface area contributed by atoms with Gasteiger partial charge in [-0.1, -0.05) is 30.3 Å². The second-order valence-electron chi connectivity index (χ2n) is 5.45. The number of halogens is 1. The predicted molar refractivity (Wildman–Crippen MR) is 93.7 cm³/mol. The van der Waals surface area contributed by atoms with Crippen LogP contribution in [-0.2, 0) is 11.2 Å². The summed E-state index contributed by atoms with van der Waals surface area (Å²) >= 11 is 3.51. The highest BCUT2D eigenvalue weighted by Gasteiger charge is 2.19. The van der Waals surface area contributed by atoms with Crippen molar-refractivity contribution in [1.29, 1.82) is 0 Å². The first-order valence-electron chi connectivity index (χ1n) is 7.62. The highest BCUT2D eigenvalue weighted by atomic mass is 79.9. The number of carbonyl (C=O) groups excluding carboxylic acids is 1. The molecule has 0 unspecified atom stereocenters. The SMILES string of the molecule is O=C(Cc1ccccc1)N/N=C\c1cc(Br)c(N2CCCC2)o1. The molecule has 3 rings (SSSR count). The molecule has 0 radical (unpaired) electrons. The minimum absolute atomic E-state index is 0.155. The number of furan rings is 1. The number of nitrogens with one attached hydrogen (secondary N) is 1. The van der Waals surface area contributed by atoms with E-state index in [4.69, 9.17) is 4.42 Å². The molecule has 0 saturated carbocycles. The standard InChI is InChI=1S/C17H18BrN3O2/c18-15-11-14(23-17(15)21-8-4-5-9-21)12-19-20-16(22)10-13-6-2-1-3-7-13/h1-3,6-7,11-12H,4-5,8-10H2,(H,20,22)/b19-12-. The van der Waals surface area contributed by atoms with Crippen LogP contribution in [0.2, 0.25) is 0 Å². The van der Waals surface area contributed by atoms with E-state index in [1.165, 1.54) is 19.1 Å². The summed E-state index contributed by atoms with van der Waals surface area (Å²) in [6, 6.07) is 11.4. The first kappa shape index (κ1) is 15.8. The van der Waals surface area contributed by atoms with E-state index in [9.17, 15) is 4.79 Å². The summed E-state index contributed by atoms with van der Waals surface area (Å²) in [7, 11) is 0. The molecule has 1 saturated heterocycles. The average Bonchev–Trinajstić information content (AvgIpc) is 3.18. The summed E-state index contributed by atoms with van der Waals surface area (Å²) < 4.78 is 6.69. The van der Waals surface area contributed by atoms with Crippen LogP contribution >= 0.6 is 15.9 Å². The third kappa shape index (κ3) is 4.22. The molecule has 6 heteroatoms. The third-order valence-corrected chi connectivity index (χ3v) is 4.24. The Morgan fingerprint density at radius 2 is 2.04 bits per heavy atom. The van der Waals surface area contributed by atoms with Crippen LogP contribution in [0, 0.1) is 0 Å². The van der Waals surface area contributed by atoms with Crippen LogP contribution in [0.25, 0.3) is 0 Å². The zero-order valence-electron chi connectivity index (χ0n) is 12.7. The zero-order chi connectivity index (χ0) is 16.1. The molecule has 1 N–H and O–H groups in total. The number of carbonyl (C=O) groups is 1. The van der Waals surface area contributed by atoms with Crippen molar-refractivity contribution in [3.8, 4) is 0 Å². The molecule has 1 amide bonds. The van der Waals surface area contributed by atoms with E-state index in [-0.39, 0.29) is 5.91 Å². The number of hydrogen-bond acceptors (Lipinski definition) is 4. The Kier molecular flexibility index (Phi) is 5.12. The molecular weight excluding hydrogens is 358 g/mol. The van der Waals surface area contributed by atoms with Crippen molar-refractivity contribution in [2.75, 3.05) is 18.0 Å². The Labute approximate surface area is 143 Å². The smallest absolute Gasteiger partial charge is 0.244 e. The maximum Gasteiger partial charge on any atom is 0.244 e. The molecule has 1 aliphatic heterocycles. The molecule has 1 aromatic heterocycles. The van der Waals surface area contributed by atoms with Gasteiger partial charge in [0.05, 0.1) is 17.1 Å². The Hall–Kier alpha value is -2.08. The lowest BCUT2D eigenvalue weighted by Crippen LogP contribution is -2.19. The minimum atomic E-state index is -0.155. The van der Waals surface area contributed by atoms with E-state index in [1.54, 1.807) is 0 Å². The van der Waals surface area contributed by atoms with Crippen LogP contribution in [0.4, 0.5) is 5.88 Å². The van der Waals surface area contributed by atoms with Crippen molar-refractivity contribution >= 4 is 33.9 Å². The topological polar surface area (TPSA) is 57.8 Å². The first-order valence-corrected chi connectivity index (χ1v) is 8.42. The fraction of sp³-hybridized carbons (Fsp3) is 0.294. The zero-order valence-corrected chi connectivity index (χ0v) is 14.3. The molecule has 0 bridgehead atoms. The van der Waals surface area contributed by atoms with E-state index in [1.807, 2.05) is 36.4 Å². The monoisotopic (exact) mass is 375 g/mol. The van der Waals surface area contributed by atoms with Crippen LogP contribution in [0.15, 0.2) is 50.4 Å². The fourth-order valence-corrected chi connectivity index (χ4v) is 3.12. The molecule has 1 fully saturated rings. The van der Waals surface area contributed by atoms with E-state index < -0.39 is 0 Å². The van der Waals surface area contributed by atoms with Gasteiger partial charge in [-0.2, -0.15) is 5.10 Å². The maximum absolute atomic E-state index is 11.8. The fourth-order valence-electron chi connectivity index (χ4n) is 2.56. The molecule has 23 heavy (non-hydrogen) atoms. The Morgan fingerprint density at radius 1 is 1.30 bits per heavy atom. The lowest BCUT2D eigenvalue weighted by Gasteiger charge is -2.13. The summed E-state index contributed by atoms with van der Waals surface area (Å²) in [6.07, 6.45) is 4.20. The minimum Gasteiger partial charge on any atom is -0.438 e. The van der Waals surface area contributed by atoms with Crippen LogP contribution in [0.5, 0.6) is 0 Å². The second-order valence-corrected chi connectivity index (χ2v) is 6.31. The Bertz CT molecular complexity index is 691. The van der Waals surface area contributed by atoms with Crippen molar-refractivity contribution in [1.82, 2.24) is 5.43 Å². The number of hydrazone groups is 1. The van der Waals surface area contributed by atoms with Gasteiger partial charge in [0.15, 0.2) is 5.76 Å². The van der Waals surface area contributed by atoms with Gasteiger partial charge >= 0.3 is 0 Å². The summed E-state index contributed by atoms with van der Waals surface area (Å²) in [4.78, 5) is 14.0. The Balaban J connectivity index is 1.55. The van der Waals surface area contributed by atoms with E-state index in [0.29, 0.717) is 12.2 Å². The lowest BCUT2D eigenvalue weighted by molar-refractivity contribution is -0.120. The van der Waals surface area contributed by atoms with Gasteiger partial charge in [-0.25, -0.2) is 5.43 Å². The highest BCUT2D eigenvalue weighted by Crippen LogP contribution is 2.31. The number of benzene rings is 1. The quantitative estimate of drug-likeness (QED) is 0.643.